The van der Waals surface area contributed by atoms with Crippen LogP contribution in [-0.4, -0.2) is 16.4 Å². The number of hydrogen-bond acceptors (Lipinski definition) is 8. The van der Waals surface area contributed by atoms with Crippen LogP contribution in [0.15, 0.2) is 89.3 Å². The zero-order valence-corrected chi connectivity index (χ0v) is 23.2. The first-order valence-corrected chi connectivity index (χ1v) is 13.4. The highest BCUT2D eigenvalue weighted by Gasteiger charge is 2.28. The van der Waals surface area contributed by atoms with Crippen molar-refractivity contribution in [2.24, 2.45) is 4.40 Å². The Kier molecular flexibility index (Phi) is 6.83. The Hall–Kier alpha value is -6.32. The second kappa shape index (κ2) is 10.9. The zero-order valence-electron chi connectivity index (χ0n) is 22.3. The number of nitrogens with one attached hydrogen (secondary N) is 1. The molecule has 1 N–H and O–H groups in total. The van der Waals surface area contributed by atoms with E-state index in [1.165, 1.54) is 12.1 Å². The summed E-state index contributed by atoms with van der Waals surface area (Å²) >= 11 is 4.27. The summed E-state index contributed by atoms with van der Waals surface area (Å²) in [7, 11) is 0. The Morgan fingerprint density at radius 3 is 1.88 bits per heavy atom. The molecule has 0 fully saturated rings. The van der Waals surface area contributed by atoms with Gasteiger partial charge in [0.25, 0.3) is 0 Å². The van der Waals surface area contributed by atoms with Crippen molar-refractivity contribution in [3.05, 3.63) is 124 Å². The van der Waals surface area contributed by atoms with Crippen LogP contribution in [-0.2, 0) is 0 Å². The Morgan fingerprint density at radius 1 is 0.674 bits per heavy atom. The molecule has 0 aliphatic heterocycles. The highest BCUT2D eigenvalue weighted by atomic mass is 32.1. The molecule has 6 rings (SSSR count). The Labute approximate surface area is 252 Å². The van der Waals surface area contributed by atoms with Crippen molar-refractivity contribution in [3.8, 4) is 46.7 Å². The van der Waals surface area contributed by atoms with Gasteiger partial charge in [-0.05, 0) is 60.3 Å². The highest BCUT2D eigenvalue weighted by Crippen LogP contribution is 2.39. The van der Waals surface area contributed by atoms with Gasteiger partial charge < -0.3 is 0 Å². The van der Waals surface area contributed by atoms with Gasteiger partial charge in [0.05, 0.1) is 63.5 Å². The maximum Gasteiger partial charge on any atom is 0.105 e. The fourth-order valence-electron chi connectivity index (χ4n) is 5.35. The van der Waals surface area contributed by atoms with E-state index < -0.39 is 0 Å². The maximum absolute atomic E-state index is 9.77. The largest absolute Gasteiger partial charge is 0.298 e. The van der Waals surface area contributed by atoms with Crippen LogP contribution in [0.4, 0.5) is 0 Å². The van der Waals surface area contributed by atoms with Gasteiger partial charge in [0.2, 0.25) is 0 Å². The first-order chi connectivity index (χ1) is 21.0. The molecule has 1 heterocycles. The summed E-state index contributed by atoms with van der Waals surface area (Å²) in [6.07, 6.45) is 1.92. The van der Waals surface area contributed by atoms with Crippen LogP contribution in [0.2, 0.25) is 0 Å². The molecule has 198 valence electrons. The number of hydrogen-bond donors (Lipinski definition) is 2. The number of fused-ring (bicyclic) bond motifs is 3. The van der Waals surface area contributed by atoms with Gasteiger partial charge in [-0.3, -0.25) is 5.41 Å². The van der Waals surface area contributed by atoms with Gasteiger partial charge in [0.1, 0.15) is 5.71 Å². The molecule has 0 saturated heterocycles. The molecule has 0 saturated carbocycles. The lowest BCUT2D eigenvalue weighted by molar-refractivity contribution is 1.37. The van der Waals surface area contributed by atoms with Crippen LogP contribution >= 0.6 is 12.8 Å². The highest BCUT2D eigenvalue weighted by molar-refractivity contribution is 7.79. The van der Waals surface area contributed by atoms with E-state index in [0.717, 1.165) is 33.2 Å². The molecule has 0 amide bonds. The van der Waals surface area contributed by atoms with Crippen molar-refractivity contribution < 1.29 is 0 Å². The zero-order chi connectivity index (χ0) is 30.1. The number of benzene rings is 4. The van der Waals surface area contributed by atoms with Gasteiger partial charge in [0.15, 0.2) is 0 Å². The summed E-state index contributed by atoms with van der Waals surface area (Å²) in [4.78, 5) is 5.02. The normalized spacial score (nSPS) is 12.9. The van der Waals surface area contributed by atoms with Crippen LogP contribution in [0.25, 0.3) is 44.9 Å². The Balaban J connectivity index is 1.58. The minimum absolute atomic E-state index is 0.207. The van der Waals surface area contributed by atoms with Crippen LogP contribution in [0.5, 0.6) is 0 Å². The molecule has 1 aliphatic rings. The van der Waals surface area contributed by atoms with Gasteiger partial charge >= 0.3 is 0 Å². The molecular formula is C35H17N7S. The van der Waals surface area contributed by atoms with E-state index in [2.05, 4.69) is 35.4 Å². The van der Waals surface area contributed by atoms with Crippen molar-refractivity contribution in [3.63, 3.8) is 0 Å². The van der Waals surface area contributed by atoms with E-state index in [1.807, 2.05) is 60.7 Å². The number of pyridine rings is 1. The van der Waals surface area contributed by atoms with E-state index in [1.54, 1.807) is 24.3 Å². The number of para-hydroxylation sites is 1. The van der Waals surface area contributed by atoms with Crippen LogP contribution in [0, 0.1) is 50.7 Å². The number of allylic oxidation sites excluding steroid dienone is 1. The lowest BCUT2D eigenvalue weighted by atomic mass is 9.82. The van der Waals surface area contributed by atoms with Crippen LogP contribution < -0.4 is 0 Å². The second-order valence-electron chi connectivity index (χ2n) is 9.70. The molecule has 7 nitrogen and oxygen atoms in total. The third kappa shape index (κ3) is 4.51. The molecule has 0 spiro atoms. The van der Waals surface area contributed by atoms with Crippen LogP contribution in [0.1, 0.15) is 38.9 Å². The molecule has 0 unspecified atom stereocenters. The summed E-state index contributed by atoms with van der Waals surface area (Å²) in [5.74, 6) is 0. The maximum atomic E-state index is 9.77. The topological polar surface area (TPSA) is 144 Å². The number of nitriles is 4. The fourth-order valence-corrected chi connectivity index (χ4v) is 5.55. The minimum Gasteiger partial charge on any atom is -0.298 e. The second-order valence-corrected chi connectivity index (χ2v) is 9.90. The minimum atomic E-state index is 0.207. The van der Waals surface area contributed by atoms with Crippen molar-refractivity contribution in [1.29, 1.82) is 26.5 Å². The summed E-state index contributed by atoms with van der Waals surface area (Å²) in [5.41, 5.74) is 8.04. The molecule has 8 heteroatoms. The smallest absolute Gasteiger partial charge is 0.105 e. The molecule has 43 heavy (non-hydrogen) atoms. The predicted molar refractivity (Wildman–Crippen MR) is 169 cm³/mol. The van der Waals surface area contributed by atoms with E-state index in [-0.39, 0.29) is 22.4 Å². The predicted octanol–water partition coefficient (Wildman–Crippen LogP) is 7.26. The average Bonchev–Trinajstić information content (AvgIpc) is 3.07. The monoisotopic (exact) mass is 567 g/mol. The third-order valence-corrected chi connectivity index (χ3v) is 7.54. The molecular weight excluding hydrogens is 551 g/mol. The molecule has 0 radical (unpaired) electrons. The van der Waals surface area contributed by atoms with E-state index in [9.17, 15) is 21.0 Å². The summed E-state index contributed by atoms with van der Waals surface area (Å²) in [6.45, 7) is 0. The first-order valence-electron chi connectivity index (χ1n) is 13.0. The molecule has 1 aliphatic carbocycles. The third-order valence-electron chi connectivity index (χ3n) is 7.34. The van der Waals surface area contributed by atoms with Gasteiger partial charge in [-0.25, -0.2) is 9.38 Å². The molecule has 0 bridgehead atoms. The lowest BCUT2D eigenvalue weighted by Crippen LogP contribution is -2.22. The molecule has 0 atom stereocenters. The van der Waals surface area contributed by atoms with Gasteiger partial charge in [0, 0.05) is 33.2 Å². The van der Waals surface area contributed by atoms with Gasteiger partial charge in [-0.15, -0.1) is 0 Å². The first kappa shape index (κ1) is 26.9. The lowest BCUT2D eigenvalue weighted by Gasteiger charge is -2.23. The Morgan fingerprint density at radius 2 is 1.28 bits per heavy atom. The standard InChI is InChI=1S/C35H17N7S/c36-16-20-5-7-22(8-6-20)28-15-29-32(35(42-43)33(28)40)27-3-1-2-4-30(27)41-34(29)24-11-9-23(10-12-24)31-25(18-38)13-21(17-37)14-26(31)19-39/h1-15,40,43H. The van der Waals surface area contributed by atoms with E-state index in [0.29, 0.717) is 33.7 Å². The average molecular weight is 568 g/mol. The van der Waals surface area contributed by atoms with E-state index in [4.69, 9.17) is 10.4 Å². The number of aromatic nitrogens is 1. The van der Waals surface area contributed by atoms with Crippen molar-refractivity contribution in [1.82, 2.24) is 4.98 Å². The van der Waals surface area contributed by atoms with Crippen molar-refractivity contribution >= 4 is 46.8 Å². The summed E-state index contributed by atoms with van der Waals surface area (Å²) in [5, 5.41) is 48.0. The van der Waals surface area contributed by atoms with Gasteiger partial charge in [-0.2, -0.15) is 21.0 Å². The Bertz CT molecular complexity index is 2200. The quantitative estimate of drug-likeness (QED) is 0.220. The van der Waals surface area contributed by atoms with Crippen molar-refractivity contribution in [2.45, 2.75) is 0 Å². The van der Waals surface area contributed by atoms with E-state index >= 15 is 0 Å². The van der Waals surface area contributed by atoms with Gasteiger partial charge in [-0.1, -0.05) is 54.6 Å². The van der Waals surface area contributed by atoms with Crippen LogP contribution in [0.3, 0.4) is 0 Å². The molecule has 4 aromatic carbocycles. The fraction of sp³-hybridized carbons (Fsp3) is 0. The SMILES string of the molecule is N#Cc1ccc(C2=Cc3c(-c4ccc(-c5c(C#N)cc(C#N)cc5C#N)cc4)nc4ccccc4c3C(=NS)C2=N)cc1. The van der Waals surface area contributed by atoms with Crippen molar-refractivity contribution in [2.75, 3.05) is 0 Å². The summed E-state index contributed by atoms with van der Waals surface area (Å²) in [6, 6.07) is 33.4. The number of nitrogens with zero attached hydrogens (tertiary/aromatic N) is 6. The number of rotatable bonds is 3. The molecule has 5 aromatic rings. The number of thiol groups is 1. The summed E-state index contributed by atoms with van der Waals surface area (Å²) < 4.78 is 4.25. The molecule has 1 aromatic heterocycles.